The summed E-state index contributed by atoms with van der Waals surface area (Å²) in [4.78, 5) is 46.0. The fourth-order valence-electron chi connectivity index (χ4n) is 4.65. The van der Waals surface area contributed by atoms with Crippen LogP contribution in [0.25, 0.3) is 0 Å². The van der Waals surface area contributed by atoms with Gasteiger partial charge in [-0.15, -0.1) is 0 Å². The van der Waals surface area contributed by atoms with Gasteiger partial charge in [0.1, 0.15) is 6.04 Å². The Kier molecular flexibility index (Phi) is 10.8. The normalized spacial score (nSPS) is 15.4. The van der Waals surface area contributed by atoms with Gasteiger partial charge in [-0.1, -0.05) is 75.9 Å². The van der Waals surface area contributed by atoms with Crippen molar-refractivity contribution in [3.05, 3.63) is 60.7 Å². The monoisotopic (exact) mass is 508 g/mol. The molecule has 3 rings (SSSR count). The van der Waals surface area contributed by atoms with E-state index in [2.05, 4.69) is 13.8 Å². The number of hydrogen-bond donors (Lipinski definition) is 1. The van der Waals surface area contributed by atoms with Crippen LogP contribution in [0, 0.1) is 0 Å². The molecule has 1 aliphatic rings. The Labute approximate surface area is 220 Å². The summed E-state index contributed by atoms with van der Waals surface area (Å²) in [6, 6.07) is 17.0. The third-order valence-corrected chi connectivity index (χ3v) is 6.74. The van der Waals surface area contributed by atoms with Crippen LogP contribution in [-0.4, -0.2) is 76.6 Å². The zero-order chi connectivity index (χ0) is 26.6. The molecule has 0 saturated carbocycles. The van der Waals surface area contributed by atoms with Crippen LogP contribution in [0.2, 0.25) is 0 Å². The first-order chi connectivity index (χ1) is 18.0. The maximum absolute atomic E-state index is 13.8. The molecule has 0 aliphatic carbocycles. The molecule has 200 valence electrons. The number of hydrogen-bond acceptors (Lipinski definition) is 3. The van der Waals surface area contributed by atoms with Crippen molar-refractivity contribution >= 4 is 29.4 Å². The Hall–Kier alpha value is -3.55. The Balaban J connectivity index is 1.79. The Bertz CT molecular complexity index is 952. The molecule has 0 bridgehead atoms. The van der Waals surface area contributed by atoms with Gasteiger partial charge in [-0.3, -0.25) is 4.90 Å². The number of urea groups is 2. The summed E-state index contributed by atoms with van der Waals surface area (Å²) in [7, 11) is 0. The van der Waals surface area contributed by atoms with Gasteiger partial charge in [0.25, 0.3) is 0 Å². The average molecular weight is 509 g/mol. The van der Waals surface area contributed by atoms with Crippen LogP contribution in [-0.2, 0) is 4.79 Å². The van der Waals surface area contributed by atoms with E-state index in [1.165, 1.54) is 4.90 Å². The van der Waals surface area contributed by atoms with Crippen LogP contribution in [0.4, 0.5) is 21.0 Å². The fourth-order valence-corrected chi connectivity index (χ4v) is 4.65. The molecule has 2 aromatic carbocycles. The minimum Gasteiger partial charge on any atom is -0.480 e. The number of rotatable bonds is 11. The number of piperazine rings is 1. The lowest BCUT2D eigenvalue weighted by Gasteiger charge is -2.42. The molecule has 4 amide bonds. The second-order valence-corrected chi connectivity index (χ2v) is 9.47. The first kappa shape index (κ1) is 28.0. The predicted molar refractivity (Wildman–Crippen MR) is 146 cm³/mol. The fraction of sp³-hybridized carbons (Fsp3) is 0.483. The molecular weight excluding hydrogens is 468 g/mol. The maximum atomic E-state index is 13.8. The summed E-state index contributed by atoms with van der Waals surface area (Å²) in [5.41, 5.74) is 1.39. The van der Waals surface area contributed by atoms with Crippen LogP contribution in [0.3, 0.4) is 0 Å². The lowest BCUT2D eigenvalue weighted by molar-refractivity contribution is -0.144. The number of amides is 4. The minimum absolute atomic E-state index is 0.0617. The topological polar surface area (TPSA) is 84.4 Å². The van der Waals surface area contributed by atoms with Crippen molar-refractivity contribution in [2.75, 3.05) is 37.6 Å². The zero-order valence-electron chi connectivity index (χ0n) is 22.1. The first-order valence-corrected chi connectivity index (χ1v) is 13.4. The minimum atomic E-state index is -1.10. The number of carbonyl (C=O) groups is 3. The smallest absolute Gasteiger partial charge is 0.329 e. The van der Waals surface area contributed by atoms with Crippen molar-refractivity contribution in [2.45, 2.75) is 58.4 Å². The second kappa shape index (κ2) is 14.3. The summed E-state index contributed by atoms with van der Waals surface area (Å²) in [6.45, 7) is 5.87. The maximum Gasteiger partial charge on any atom is 0.329 e. The summed E-state index contributed by atoms with van der Waals surface area (Å²) >= 11 is 0. The predicted octanol–water partition coefficient (Wildman–Crippen LogP) is 5.82. The van der Waals surface area contributed by atoms with Gasteiger partial charge < -0.3 is 19.8 Å². The summed E-state index contributed by atoms with van der Waals surface area (Å²) < 4.78 is 0. The van der Waals surface area contributed by atoms with Crippen molar-refractivity contribution in [2.24, 2.45) is 0 Å². The molecule has 0 spiro atoms. The molecule has 1 atom stereocenters. The van der Waals surface area contributed by atoms with Crippen LogP contribution in [0.1, 0.15) is 52.4 Å². The standard InChI is InChI=1S/C29H40N4O4/c1-3-5-13-19-30(20-14-6-4-2)28(36)32-22-21-31(23-26(32)27(34)35)29(37)33(24-15-9-7-10-16-24)25-17-11-8-12-18-25/h7-12,15-18,26H,3-6,13-14,19-23H2,1-2H3,(H,34,35)/t26-/m0/s1. The van der Waals surface area contributed by atoms with Gasteiger partial charge in [0.15, 0.2) is 0 Å². The molecule has 0 aromatic heterocycles. The van der Waals surface area contributed by atoms with Gasteiger partial charge in [-0.25, -0.2) is 14.4 Å². The number of aliphatic carboxylic acids is 1. The van der Waals surface area contributed by atoms with E-state index in [-0.39, 0.29) is 31.7 Å². The Morgan fingerprint density at radius 3 is 1.76 bits per heavy atom. The molecule has 1 fully saturated rings. The zero-order valence-corrected chi connectivity index (χ0v) is 22.1. The van der Waals surface area contributed by atoms with Gasteiger partial charge in [0.05, 0.1) is 17.9 Å². The molecule has 8 nitrogen and oxygen atoms in total. The van der Waals surface area contributed by atoms with Gasteiger partial charge in [-0.2, -0.15) is 0 Å². The molecule has 1 aliphatic heterocycles. The van der Waals surface area contributed by atoms with E-state index >= 15 is 0 Å². The number of anilines is 2. The highest BCUT2D eigenvalue weighted by atomic mass is 16.4. The first-order valence-electron chi connectivity index (χ1n) is 13.4. The molecule has 8 heteroatoms. The summed E-state index contributed by atoms with van der Waals surface area (Å²) in [5, 5.41) is 10.1. The third-order valence-electron chi connectivity index (χ3n) is 6.74. The molecule has 0 unspecified atom stereocenters. The highest BCUT2D eigenvalue weighted by molar-refractivity contribution is 6.00. The van der Waals surface area contributed by atoms with Gasteiger partial charge in [0.2, 0.25) is 0 Å². The number of benzene rings is 2. The van der Waals surface area contributed by atoms with E-state index in [9.17, 15) is 19.5 Å². The molecule has 1 heterocycles. The summed E-state index contributed by atoms with van der Waals surface area (Å²) in [5.74, 6) is -1.10. The van der Waals surface area contributed by atoms with E-state index in [0.717, 1.165) is 38.5 Å². The summed E-state index contributed by atoms with van der Waals surface area (Å²) in [6.07, 6.45) is 5.94. The van der Waals surface area contributed by atoms with E-state index in [1.54, 1.807) is 14.7 Å². The molecule has 0 radical (unpaired) electrons. The number of unbranched alkanes of at least 4 members (excludes halogenated alkanes) is 4. The van der Waals surface area contributed by atoms with E-state index in [0.29, 0.717) is 24.5 Å². The third kappa shape index (κ3) is 7.47. The quantitative estimate of drug-likeness (QED) is 0.388. The Morgan fingerprint density at radius 2 is 1.30 bits per heavy atom. The van der Waals surface area contributed by atoms with Crippen LogP contribution in [0.5, 0.6) is 0 Å². The van der Waals surface area contributed by atoms with E-state index in [4.69, 9.17) is 0 Å². The van der Waals surface area contributed by atoms with Gasteiger partial charge >= 0.3 is 18.0 Å². The molecular formula is C29H40N4O4. The second-order valence-electron chi connectivity index (χ2n) is 9.47. The van der Waals surface area contributed by atoms with Gasteiger partial charge in [-0.05, 0) is 37.1 Å². The van der Waals surface area contributed by atoms with Crippen LogP contribution >= 0.6 is 0 Å². The van der Waals surface area contributed by atoms with Crippen molar-refractivity contribution in [3.63, 3.8) is 0 Å². The molecule has 2 aromatic rings. The number of carboxylic acids is 1. The highest BCUT2D eigenvalue weighted by Crippen LogP contribution is 2.27. The number of nitrogens with zero attached hydrogens (tertiary/aromatic N) is 4. The average Bonchev–Trinajstić information content (AvgIpc) is 2.93. The van der Waals surface area contributed by atoms with Crippen molar-refractivity contribution in [3.8, 4) is 0 Å². The molecule has 1 N–H and O–H groups in total. The lowest BCUT2D eigenvalue weighted by atomic mass is 10.1. The molecule has 37 heavy (non-hydrogen) atoms. The SMILES string of the molecule is CCCCCN(CCCCC)C(=O)N1CCN(C(=O)N(c2ccccc2)c2ccccc2)C[C@H]1C(=O)O. The van der Waals surface area contributed by atoms with Gasteiger partial charge in [0, 0.05) is 26.2 Å². The van der Waals surface area contributed by atoms with Crippen molar-refractivity contribution in [1.29, 1.82) is 0 Å². The highest BCUT2D eigenvalue weighted by Gasteiger charge is 2.40. The lowest BCUT2D eigenvalue weighted by Crippen LogP contribution is -2.63. The number of carboxylic acid groups (broad SMARTS) is 1. The number of carbonyl (C=O) groups excluding carboxylic acids is 2. The van der Waals surface area contributed by atoms with E-state index < -0.39 is 12.0 Å². The Morgan fingerprint density at radius 1 is 0.784 bits per heavy atom. The van der Waals surface area contributed by atoms with Crippen molar-refractivity contribution < 1.29 is 19.5 Å². The van der Waals surface area contributed by atoms with Crippen molar-refractivity contribution in [1.82, 2.24) is 14.7 Å². The van der Waals surface area contributed by atoms with E-state index in [1.807, 2.05) is 60.7 Å². The molecule has 1 saturated heterocycles. The largest absolute Gasteiger partial charge is 0.480 e. The van der Waals surface area contributed by atoms with Crippen LogP contribution < -0.4 is 4.90 Å². The van der Waals surface area contributed by atoms with Crippen LogP contribution in [0.15, 0.2) is 60.7 Å². The number of para-hydroxylation sites is 2.